The molecule has 7 nitrogen and oxygen atoms in total. The second-order valence-corrected chi connectivity index (χ2v) is 10.3. The highest BCUT2D eigenvalue weighted by atomic mass is 19.1. The fraction of sp³-hybridized carbons (Fsp3) is 0.233. The number of nitrogens with one attached hydrogen (secondary N) is 2. The molecule has 0 radical (unpaired) electrons. The van der Waals surface area contributed by atoms with E-state index in [-0.39, 0.29) is 29.2 Å². The number of fused-ring (bicyclic) bond motifs is 1. The number of aliphatic carboxylic acids is 1. The van der Waals surface area contributed by atoms with Crippen molar-refractivity contribution in [3.05, 3.63) is 83.2 Å². The molecule has 3 saturated carbocycles. The lowest BCUT2D eigenvalue weighted by Crippen LogP contribution is -2.68. The van der Waals surface area contributed by atoms with E-state index in [1.54, 1.807) is 30.3 Å². The summed E-state index contributed by atoms with van der Waals surface area (Å²) < 4.78 is 19.6. The maximum Gasteiger partial charge on any atom is 0.307 e. The number of amides is 2. The Kier molecular flexibility index (Phi) is 5.56. The lowest BCUT2D eigenvalue weighted by molar-refractivity contribution is -0.136. The molecule has 4 aromatic rings. The Morgan fingerprint density at radius 1 is 1.00 bits per heavy atom. The Morgan fingerprint density at radius 2 is 1.74 bits per heavy atom. The monoisotopic (exact) mass is 512 g/mol. The van der Waals surface area contributed by atoms with E-state index >= 15 is 0 Å². The van der Waals surface area contributed by atoms with Gasteiger partial charge in [0.15, 0.2) is 0 Å². The maximum atomic E-state index is 13.6. The quantitative estimate of drug-likeness (QED) is 0.316. The van der Waals surface area contributed by atoms with Gasteiger partial charge in [0.2, 0.25) is 0 Å². The highest BCUT2D eigenvalue weighted by molar-refractivity contribution is 6.12. The van der Waals surface area contributed by atoms with Gasteiger partial charge in [-0.25, -0.2) is 4.39 Å². The Hall–Kier alpha value is -4.46. The maximum absolute atomic E-state index is 13.6. The van der Waals surface area contributed by atoms with Crippen molar-refractivity contribution < 1.29 is 28.3 Å². The molecular formula is C30H25FN2O5. The minimum Gasteiger partial charge on any atom is -0.481 e. The van der Waals surface area contributed by atoms with Gasteiger partial charge in [-0.05, 0) is 90.4 Å². The molecule has 3 aromatic carbocycles. The van der Waals surface area contributed by atoms with Gasteiger partial charge in [0.25, 0.3) is 11.8 Å². The summed E-state index contributed by atoms with van der Waals surface area (Å²) in [6.45, 7) is 0. The summed E-state index contributed by atoms with van der Waals surface area (Å²) in [6.07, 6.45) is 2.79. The van der Waals surface area contributed by atoms with Crippen LogP contribution in [0.25, 0.3) is 33.4 Å². The van der Waals surface area contributed by atoms with Gasteiger partial charge in [0.05, 0.1) is 12.0 Å². The van der Waals surface area contributed by atoms with E-state index in [0.717, 1.165) is 25.2 Å². The molecule has 0 atom stereocenters. The van der Waals surface area contributed by atoms with Crippen molar-refractivity contribution in [1.29, 1.82) is 0 Å². The van der Waals surface area contributed by atoms with Crippen LogP contribution in [0.1, 0.15) is 45.5 Å². The normalized spacial score (nSPS) is 19.4. The molecule has 0 spiro atoms. The number of hydrogen-bond acceptors (Lipinski definition) is 4. The molecular weight excluding hydrogens is 487 g/mol. The number of hydrogen-bond donors (Lipinski definition) is 3. The first-order valence-electron chi connectivity index (χ1n) is 12.5. The summed E-state index contributed by atoms with van der Waals surface area (Å²) in [7, 11) is 1.50. The number of halogens is 1. The molecule has 3 N–H and O–H groups in total. The van der Waals surface area contributed by atoms with Gasteiger partial charge < -0.3 is 20.2 Å². The number of benzene rings is 3. The molecule has 0 saturated heterocycles. The summed E-state index contributed by atoms with van der Waals surface area (Å²) in [5.41, 5.74) is 3.23. The number of carboxylic acid groups (broad SMARTS) is 1. The SMILES string of the molecule is CNC(=O)c1c(-c2ccc(F)cc2)oc2cc(CC(=O)O)c(-c3cccc(C(=O)NC45CC(C4)C5)c3)cc12. The summed E-state index contributed by atoms with van der Waals surface area (Å²) >= 11 is 0. The van der Waals surface area contributed by atoms with Gasteiger partial charge in [-0.1, -0.05) is 12.1 Å². The largest absolute Gasteiger partial charge is 0.481 e. The minimum absolute atomic E-state index is 0.0684. The van der Waals surface area contributed by atoms with Gasteiger partial charge in [0, 0.05) is 29.1 Å². The number of carbonyl (C=O) groups is 3. The van der Waals surface area contributed by atoms with Crippen LogP contribution in [-0.2, 0) is 11.2 Å². The Morgan fingerprint density at radius 3 is 2.37 bits per heavy atom. The first-order chi connectivity index (χ1) is 18.2. The predicted molar refractivity (Wildman–Crippen MR) is 139 cm³/mol. The average molecular weight is 513 g/mol. The molecule has 1 aromatic heterocycles. The third kappa shape index (κ3) is 4.02. The van der Waals surface area contributed by atoms with Crippen molar-refractivity contribution in [2.45, 2.75) is 31.2 Å². The van der Waals surface area contributed by atoms with E-state index in [4.69, 9.17) is 4.42 Å². The molecule has 3 fully saturated rings. The first-order valence-corrected chi connectivity index (χ1v) is 12.5. The molecule has 192 valence electrons. The lowest BCUT2D eigenvalue weighted by Gasteiger charge is -2.61. The zero-order valence-electron chi connectivity index (χ0n) is 20.6. The third-order valence-corrected chi connectivity index (χ3v) is 7.67. The molecule has 3 aliphatic rings. The fourth-order valence-electron chi connectivity index (χ4n) is 5.69. The lowest BCUT2D eigenvalue weighted by atomic mass is 9.50. The average Bonchev–Trinajstić information content (AvgIpc) is 3.22. The van der Waals surface area contributed by atoms with Crippen LogP contribution >= 0.6 is 0 Å². The zero-order chi connectivity index (χ0) is 26.6. The molecule has 3 aliphatic carbocycles. The Labute approximate surface area is 217 Å². The van der Waals surface area contributed by atoms with Crippen LogP contribution in [0.15, 0.2) is 65.1 Å². The van der Waals surface area contributed by atoms with Crippen molar-refractivity contribution in [1.82, 2.24) is 10.6 Å². The summed E-state index contributed by atoms with van der Waals surface area (Å²) in [4.78, 5) is 37.7. The standard InChI is InChI=1S/C30H25FN2O5/c1-32-29(37)26-23-12-22(18-3-2-4-19(9-18)28(36)33-30-13-16(14-30)15-30)20(11-25(34)35)10-24(23)38-27(26)17-5-7-21(31)8-6-17/h2-10,12,16H,11,13-15H2,1H3,(H,32,37)(H,33,36)(H,34,35). The van der Waals surface area contributed by atoms with Gasteiger partial charge in [0.1, 0.15) is 17.2 Å². The summed E-state index contributed by atoms with van der Waals surface area (Å²) in [5, 5.41) is 15.9. The molecule has 2 bridgehead atoms. The third-order valence-electron chi connectivity index (χ3n) is 7.67. The van der Waals surface area contributed by atoms with E-state index in [2.05, 4.69) is 10.6 Å². The van der Waals surface area contributed by atoms with Gasteiger partial charge in [-0.3, -0.25) is 14.4 Å². The summed E-state index contributed by atoms with van der Waals surface area (Å²) in [6, 6.07) is 16.0. The van der Waals surface area contributed by atoms with Gasteiger partial charge in [-0.15, -0.1) is 0 Å². The first kappa shape index (κ1) is 23.9. The minimum atomic E-state index is -1.03. The smallest absolute Gasteiger partial charge is 0.307 e. The molecule has 7 rings (SSSR count). The molecule has 0 unspecified atom stereocenters. The fourth-order valence-corrected chi connectivity index (χ4v) is 5.69. The van der Waals surface area contributed by atoms with Crippen LogP contribution in [-0.4, -0.2) is 35.5 Å². The summed E-state index contributed by atoms with van der Waals surface area (Å²) in [5.74, 6) is -1.01. The van der Waals surface area contributed by atoms with Gasteiger partial charge >= 0.3 is 5.97 Å². The van der Waals surface area contributed by atoms with Crippen LogP contribution in [0.3, 0.4) is 0 Å². The van der Waals surface area contributed by atoms with Crippen LogP contribution in [0.4, 0.5) is 4.39 Å². The van der Waals surface area contributed by atoms with E-state index in [1.807, 2.05) is 6.07 Å². The highest BCUT2D eigenvalue weighted by Crippen LogP contribution is 2.57. The number of carboxylic acids is 1. The van der Waals surface area contributed by atoms with E-state index in [1.165, 1.54) is 31.3 Å². The molecule has 1 heterocycles. The Balaban J connectivity index is 1.48. The predicted octanol–water partition coefficient (Wildman–Crippen LogP) is 5.17. The van der Waals surface area contributed by atoms with Crippen LogP contribution < -0.4 is 10.6 Å². The zero-order valence-corrected chi connectivity index (χ0v) is 20.6. The number of furan rings is 1. The van der Waals surface area contributed by atoms with Crippen molar-refractivity contribution >= 4 is 28.8 Å². The number of rotatable bonds is 7. The van der Waals surface area contributed by atoms with Crippen molar-refractivity contribution in [2.75, 3.05) is 7.05 Å². The van der Waals surface area contributed by atoms with Crippen molar-refractivity contribution in [3.8, 4) is 22.5 Å². The second-order valence-electron chi connectivity index (χ2n) is 10.3. The van der Waals surface area contributed by atoms with Crippen LogP contribution in [0.2, 0.25) is 0 Å². The molecule has 0 aliphatic heterocycles. The topological polar surface area (TPSA) is 109 Å². The highest BCUT2D eigenvalue weighted by Gasteiger charge is 2.57. The van der Waals surface area contributed by atoms with Crippen LogP contribution in [0.5, 0.6) is 0 Å². The molecule has 8 heteroatoms. The molecule has 38 heavy (non-hydrogen) atoms. The van der Waals surface area contributed by atoms with Crippen molar-refractivity contribution in [2.24, 2.45) is 5.92 Å². The number of carbonyl (C=O) groups excluding carboxylic acids is 2. The molecule has 2 amide bonds. The second kappa shape index (κ2) is 8.83. The van der Waals surface area contributed by atoms with Gasteiger partial charge in [-0.2, -0.15) is 0 Å². The van der Waals surface area contributed by atoms with E-state index in [0.29, 0.717) is 38.8 Å². The van der Waals surface area contributed by atoms with E-state index < -0.39 is 17.7 Å². The Bertz CT molecular complexity index is 1600. The van der Waals surface area contributed by atoms with E-state index in [9.17, 15) is 23.9 Å². The van der Waals surface area contributed by atoms with Crippen molar-refractivity contribution in [3.63, 3.8) is 0 Å². The van der Waals surface area contributed by atoms with Crippen LogP contribution in [0, 0.1) is 11.7 Å².